The van der Waals surface area contributed by atoms with Crippen LogP contribution in [0.4, 0.5) is 0 Å². The van der Waals surface area contributed by atoms with Gasteiger partial charge in [-0.2, -0.15) is 0 Å². The Balaban J connectivity index is 3.04. The van der Waals surface area contributed by atoms with E-state index in [-0.39, 0.29) is 0 Å². The lowest BCUT2D eigenvalue weighted by molar-refractivity contribution is 0.649. The fourth-order valence-electron chi connectivity index (χ4n) is 1.00. The fraction of sp³-hybridized carbons (Fsp3) is 0.333. The number of nitrogens with one attached hydrogen (secondary N) is 1. The highest BCUT2D eigenvalue weighted by atomic mass is 127. The van der Waals surface area contributed by atoms with Crippen molar-refractivity contribution in [3.8, 4) is 0 Å². The van der Waals surface area contributed by atoms with Crippen LogP contribution in [-0.4, -0.2) is 7.05 Å². The number of hydrogen-bond acceptors (Lipinski definition) is 1. The number of hydrogen-bond donors (Lipinski definition) is 1. The van der Waals surface area contributed by atoms with E-state index in [0.29, 0.717) is 6.04 Å². The zero-order valence-electron chi connectivity index (χ0n) is 7.07. The topological polar surface area (TPSA) is 12.0 Å². The molecule has 1 nitrogen and oxygen atoms in total. The molecule has 1 aromatic rings. The van der Waals surface area contributed by atoms with E-state index in [1.165, 1.54) is 9.13 Å². The second-order valence-corrected chi connectivity index (χ2v) is 4.75. The molecule has 0 fully saturated rings. The molecule has 0 aromatic heterocycles. The molecule has 0 unspecified atom stereocenters. The van der Waals surface area contributed by atoms with Gasteiger partial charge in [-0.25, -0.2) is 0 Å². The minimum atomic E-state index is 0.411. The van der Waals surface area contributed by atoms with Crippen LogP contribution in [0, 0.1) is 3.57 Å². The van der Waals surface area contributed by atoms with Crippen LogP contribution in [0.2, 0.25) is 0 Å². The minimum absolute atomic E-state index is 0.411. The van der Waals surface area contributed by atoms with Gasteiger partial charge in [0.2, 0.25) is 0 Å². The predicted molar refractivity (Wildman–Crippen MR) is 64.3 cm³/mol. The monoisotopic (exact) mass is 339 g/mol. The summed E-state index contributed by atoms with van der Waals surface area (Å²) in [5.74, 6) is 0. The van der Waals surface area contributed by atoms with E-state index in [9.17, 15) is 0 Å². The summed E-state index contributed by atoms with van der Waals surface area (Å²) >= 11 is 5.82. The van der Waals surface area contributed by atoms with Gasteiger partial charge in [-0.15, -0.1) is 0 Å². The van der Waals surface area contributed by atoms with Crippen molar-refractivity contribution >= 4 is 38.5 Å². The van der Waals surface area contributed by atoms with Crippen LogP contribution in [0.3, 0.4) is 0 Å². The molecule has 0 amide bonds. The maximum atomic E-state index is 3.46. The largest absolute Gasteiger partial charge is 0.313 e. The highest BCUT2D eigenvalue weighted by molar-refractivity contribution is 14.1. The van der Waals surface area contributed by atoms with Crippen LogP contribution in [0.25, 0.3) is 0 Å². The lowest BCUT2D eigenvalue weighted by Gasteiger charge is -2.12. The molecule has 0 bridgehead atoms. The van der Waals surface area contributed by atoms with E-state index >= 15 is 0 Å². The first-order chi connectivity index (χ1) is 5.65. The molecule has 0 spiro atoms. The van der Waals surface area contributed by atoms with Crippen molar-refractivity contribution < 1.29 is 0 Å². The van der Waals surface area contributed by atoms with E-state index in [2.05, 4.69) is 69.0 Å². The third kappa shape index (κ3) is 2.44. The summed E-state index contributed by atoms with van der Waals surface area (Å²) in [5, 5.41) is 3.22. The molecular weight excluding hydrogens is 329 g/mol. The summed E-state index contributed by atoms with van der Waals surface area (Å²) in [6.45, 7) is 2.16. The van der Waals surface area contributed by atoms with Gasteiger partial charge in [0.25, 0.3) is 0 Å². The molecule has 12 heavy (non-hydrogen) atoms. The van der Waals surface area contributed by atoms with E-state index in [1.807, 2.05) is 7.05 Å². The molecule has 3 heteroatoms. The van der Waals surface area contributed by atoms with Gasteiger partial charge in [0.15, 0.2) is 0 Å². The predicted octanol–water partition coefficient (Wildman–Crippen LogP) is 3.33. The molecule has 0 saturated heterocycles. The number of rotatable bonds is 2. The van der Waals surface area contributed by atoms with Crippen molar-refractivity contribution in [1.29, 1.82) is 0 Å². The third-order valence-corrected chi connectivity index (χ3v) is 3.33. The molecule has 1 rings (SSSR count). The number of benzene rings is 1. The lowest BCUT2D eigenvalue weighted by Crippen LogP contribution is -2.13. The van der Waals surface area contributed by atoms with Crippen molar-refractivity contribution in [2.75, 3.05) is 7.05 Å². The van der Waals surface area contributed by atoms with E-state index in [0.717, 1.165) is 4.47 Å². The highest BCUT2D eigenvalue weighted by Crippen LogP contribution is 2.23. The van der Waals surface area contributed by atoms with Crippen molar-refractivity contribution in [2.24, 2.45) is 0 Å². The summed E-state index contributed by atoms with van der Waals surface area (Å²) in [7, 11) is 1.97. The standard InChI is InChI=1S/C9H11BrIN/c1-6(12-2)8-5-7(10)3-4-9(8)11/h3-6,12H,1-2H3/t6-/m1/s1. The molecule has 0 saturated carbocycles. The molecular formula is C9H11BrIN. The summed E-state index contributed by atoms with van der Waals surface area (Å²) < 4.78 is 2.44. The summed E-state index contributed by atoms with van der Waals surface area (Å²) in [4.78, 5) is 0. The molecule has 1 atom stereocenters. The van der Waals surface area contributed by atoms with Crippen LogP contribution >= 0.6 is 38.5 Å². The average Bonchev–Trinajstić information content (AvgIpc) is 2.08. The van der Waals surface area contributed by atoms with Gasteiger partial charge < -0.3 is 5.32 Å². The average molecular weight is 340 g/mol. The second-order valence-electron chi connectivity index (χ2n) is 2.68. The molecule has 0 radical (unpaired) electrons. The highest BCUT2D eigenvalue weighted by Gasteiger charge is 2.06. The molecule has 0 aliphatic rings. The first kappa shape index (κ1) is 10.5. The van der Waals surface area contributed by atoms with Crippen LogP contribution in [0.1, 0.15) is 18.5 Å². The third-order valence-electron chi connectivity index (χ3n) is 1.86. The molecule has 1 N–H and O–H groups in total. The van der Waals surface area contributed by atoms with Gasteiger partial charge in [0.05, 0.1) is 0 Å². The Hall–Kier alpha value is 0.390. The Kier molecular flexibility index (Phi) is 3.99. The second kappa shape index (κ2) is 4.58. The maximum absolute atomic E-state index is 3.46. The van der Waals surface area contributed by atoms with Crippen molar-refractivity contribution in [3.05, 3.63) is 31.8 Å². The lowest BCUT2D eigenvalue weighted by atomic mass is 10.1. The van der Waals surface area contributed by atoms with Gasteiger partial charge in [-0.05, 0) is 60.3 Å². The van der Waals surface area contributed by atoms with Crippen molar-refractivity contribution in [1.82, 2.24) is 5.32 Å². The van der Waals surface area contributed by atoms with Gasteiger partial charge in [0.1, 0.15) is 0 Å². The Morgan fingerprint density at radius 3 is 2.75 bits per heavy atom. The molecule has 0 aliphatic carbocycles. The zero-order valence-corrected chi connectivity index (χ0v) is 10.8. The molecule has 1 aromatic carbocycles. The van der Waals surface area contributed by atoms with Gasteiger partial charge >= 0.3 is 0 Å². The van der Waals surface area contributed by atoms with Crippen molar-refractivity contribution in [2.45, 2.75) is 13.0 Å². The fourth-order valence-corrected chi connectivity index (χ4v) is 2.18. The molecule has 0 heterocycles. The normalized spacial score (nSPS) is 13.0. The summed E-state index contributed by atoms with van der Waals surface area (Å²) in [6, 6.07) is 6.75. The zero-order chi connectivity index (χ0) is 9.14. The van der Waals surface area contributed by atoms with Gasteiger partial charge in [0, 0.05) is 14.1 Å². The SMILES string of the molecule is CN[C@H](C)c1cc(Br)ccc1I. The van der Waals surface area contributed by atoms with Gasteiger partial charge in [-0.3, -0.25) is 0 Å². The van der Waals surface area contributed by atoms with E-state index in [4.69, 9.17) is 0 Å². The quantitative estimate of drug-likeness (QED) is 0.815. The first-order valence-corrected chi connectivity index (χ1v) is 5.64. The van der Waals surface area contributed by atoms with Crippen LogP contribution in [0.15, 0.2) is 22.7 Å². The number of halogens is 2. The van der Waals surface area contributed by atoms with Crippen LogP contribution < -0.4 is 5.32 Å². The van der Waals surface area contributed by atoms with Crippen LogP contribution in [0.5, 0.6) is 0 Å². The maximum Gasteiger partial charge on any atom is 0.0299 e. The Morgan fingerprint density at radius 2 is 2.17 bits per heavy atom. The minimum Gasteiger partial charge on any atom is -0.313 e. The van der Waals surface area contributed by atoms with Gasteiger partial charge in [-0.1, -0.05) is 15.9 Å². The Labute approximate surface area is 95.2 Å². The summed E-state index contributed by atoms with van der Waals surface area (Å²) in [6.07, 6.45) is 0. The van der Waals surface area contributed by atoms with Crippen molar-refractivity contribution in [3.63, 3.8) is 0 Å². The summed E-state index contributed by atoms with van der Waals surface area (Å²) in [5.41, 5.74) is 1.34. The van der Waals surface area contributed by atoms with E-state index < -0.39 is 0 Å². The first-order valence-electron chi connectivity index (χ1n) is 3.77. The molecule has 66 valence electrons. The van der Waals surface area contributed by atoms with Crippen LogP contribution in [-0.2, 0) is 0 Å². The Bertz CT molecular complexity index is 275. The molecule has 0 aliphatic heterocycles. The Morgan fingerprint density at radius 1 is 1.50 bits per heavy atom. The van der Waals surface area contributed by atoms with E-state index in [1.54, 1.807) is 0 Å². The smallest absolute Gasteiger partial charge is 0.0299 e.